The molecule has 0 unspecified atom stereocenters. The van der Waals surface area contributed by atoms with Gasteiger partial charge in [0.15, 0.2) is 5.69 Å². The van der Waals surface area contributed by atoms with Crippen molar-refractivity contribution in [2.75, 3.05) is 0 Å². The zero-order valence-corrected chi connectivity index (χ0v) is 10.6. The summed E-state index contributed by atoms with van der Waals surface area (Å²) in [5, 5.41) is 16.9. The van der Waals surface area contributed by atoms with E-state index in [0.29, 0.717) is 5.69 Å². The number of carboxylic acid groups (broad SMARTS) is 1. The summed E-state index contributed by atoms with van der Waals surface area (Å²) in [7, 11) is 0. The quantitative estimate of drug-likeness (QED) is 0.882. The molecule has 2 rings (SSSR count). The molecule has 0 amide bonds. The van der Waals surface area contributed by atoms with Crippen molar-refractivity contribution in [2.24, 2.45) is 0 Å². The Bertz CT molecular complexity index is 568. The first kappa shape index (κ1) is 12.3. The second-order valence-corrected chi connectivity index (χ2v) is 5.04. The highest BCUT2D eigenvalue weighted by Crippen LogP contribution is 2.27. The number of nitrogens with zero attached hydrogens (tertiary/aromatic N) is 3. The molecule has 0 saturated carbocycles. The molecule has 0 aliphatic rings. The van der Waals surface area contributed by atoms with Gasteiger partial charge in [0.2, 0.25) is 0 Å². The SMILES string of the molecule is CC(C)(C)n1nnc(C(=O)O)c1-c1ccccc1. The Kier molecular flexibility index (Phi) is 2.90. The number of hydrogen-bond acceptors (Lipinski definition) is 3. The molecule has 0 radical (unpaired) electrons. The molecule has 0 aliphatic carbocycles. The normalized spacial score (nSPS) is 11.5. The number of aromatic nitrogens is 3. The first-order chi connectivity index (χ1) is 8.41. The van der Waals surface area contributed by atoms with E-state index in [1.54, 1.807) is 4.68 Å². The Morgan fingerprint density at radius 3 is 2.33 bits per heavy atom. The lowest BCUT2D eigenvalue weighted by molar-refractivity contribution is 0.0691. The largest absolute Gasteiger partial charge is 0.476 e. The van der Waals surface area contributed by atoms with Gasteiger partial charge in [-0.15, -0.1) is 5.10 Å². The highest BCUT2D eigenvalue weighted by Gasteiger charge is 2.26. The number of benzene rings is 1. The van der Waals surface area contributed by atoms with Crippen LogP contribution in [0.2, 0.25) is 0 Å². The van der Waals surface area contributed by atoms with Crippen molar-refractivity contribution in [1.29, 1.82) is 0 Å². The predicted molar refractivity (Wildman–Crippen MR) is 67.4 cm³/mol. The topological polar surface area (TPSA) is 68.0 Å². The van der Waals surface area contributed by atoms with E-state index in [4.69, 9.17) is 0 Å². The highest BCUT2D eigenvalue weighted by molar-refractivity contribution is 5.92. The molecular formula is C13H15N3O2. The summed E-state index contributed by atoms with van der Waals surface area (Å²) in [6.45, 7) is 5.87. The average Bonchev–Trinajstić information content (AvgIpc) is 2.74. The van der Waals surface area contributed by atoms with E-state index in [1.807, 2.05) is 51.1 Å². The monoisotopic (exact) mass is 245 g/mol. The Morgan fingerprint density at radius 1 is 1.22 bits per heavy atom. The van der Waals surface area contributed by atoms with Gasteiger partial charge in [-0.3, -0.25) is 0 Å². The molecule has 1 N–H and O–H groups in total. The minimum Gasteiger partial charge on any atom is -0.476 e. The molecule has 94 valence electrons. The fraction of sp³-hybridized carbons (Fsp3) is 0.308. The molecule has 0 fully saturated rings. The number of carbonyl (C=O) groups is 1. The maximum absolute atomic E-state index is 11.2. The van der Waals surface area contributed by atoms with Crippen LogP contribution in [0, 0.1) is 0 Å². The van der Waals surface area contributed by atoms with Crippen LogP contribution in [0.1, 0.15) is 31.3 Å². The molecule has 1 aromatic heterocycles. The van der Waals surface area contributed by atoms with Crippen LogP contribution in [0.4, 0.5) is 0 Å². The molecular weight excluding hydrogens is 230 g/mol. The predicted octanol–water partition coefficient (Wildman–Crippen LogP) is 2.40. The third-order valence-electron chi connectivity index (χ3n) is 2.56. The zero-order valence-electron chi connectivity index (χ0n) is 10.6. The number of rotatable bonds is 2. The van der Waals surface area contributed by atoms with Gasteiger partial charge in [-0.1, -0.05) is 35.5 Å². The molecule has 0 spiro atoms. The molecule has 0 atom stereocenters. The number of aromatic carboxylic acids is 1. The van der Waals surface area contributed by atoms with E-state index in [9.17, 15) is 9.90 Å². The number of carboxylic acids is 1. The summed E-state index contributed by atoms with van der Waals surface area (Å²) in [6.07, 6.45) is 0. The molecule has 0 saturated heterocycles. The molecule has 18 heavy (non-hydrogen) atoms. The third-order valence-corrected chi connectivity index (χ3v) is 2.56. The lowest BCUT2D eigenvalue weighted by Gasteiger charge is -2.21. The van der Waals surface area contributed by atoms with Crippen LogP contribution >= 0.6 is 0 Å². The van der Waals surface area contributed by atoms with Crippen molar-refractivity contribution >= 4 is 5.97 Å². The molecule has 2 aromatic rings. The van der Waals surface area contributed by atoms with Gasteiger partial charge in [-0.25, -0.2) is 9.48 Å². The minimum absolute atomic E-state index is 0.0175. The van der Waals surface area contributed by atoms with E-state index in [1.165, 1.54) is 0 Å². The minimum atomic E-state index is -1.07. The van der Waals surface area contributed by atoms with Gasteiger partial charge in [0.1, 0.15) is 5.69 Å². The van der Waals surface area contributed by atoms with Gasteiger partial charge in [0.25, 0.3) is 0 Å². The van der Waals surface area contributed by atoms with E-state index >= 15 is 0 Å². The van der Waals surface area contributed by atoms with Crippen molar-refractivity contribution in [1.82, 2.24) is 15.0 Å². The van der Waals surface area contributed by atoms with Crippen LogP contribution in [0.15, 0.2) is 30.3 Å². The van der Waals surface area contributed by atoms with Gasteiger partial charge in [0, 0.05) is 5.56 Å². The smallest absolute Gasteiger partial charge is 0.358 e. The van der Waals surface area contributed by atoms with Crippen LogP contribution in [-0.4, -0.2) is 26.1 Å². The van der Waals surface area contributed by atoms with Crippen LogP contribution in [0.3, 0.4) is 0 Å². The summed E-state index contributed by atoms with van der Waals surface area (Å²) in [4.78, 5) is 11.2. The fourth-order valence-corrected chi connectivity index (χ4v) is 1.75. The Balaban J connectivity index is 2.70. The average molecular weight is 245 g/mol. The summed E-state index contributed by atoms with van der Waals surface area (Å²) >= 11 is 0. The molecule has 5 nitrogen and oxygen atoms in total. The van der Waals surface area contributed by atoms with Gasteiger partial charge in [-0.05, 0) is 20.8 Å². The van der Waals surface area contributed by atoms with Crippen molar-refractivity contribution in [3.8, 4) is 11.3 Å². The van der Waals surface area contributed by atoms with Gasteiger partial charge < -0.3 is 5.11 Å². The maximum atomic E-state index is 11.2. The van der Waals surface area contributed by atoms with Gasteiger partial charge >= 0.3 is 5.97 Å². The third kappa shape index (κ3) is 2.11. The van der Waals surface area contributed by atoms with Crippen molar-refractivity contribution in [2.45, 2.75) is 26.3 Å². The van der Waals surface area contributed by atoms with Crippen LogP contribution < -0.4 is 0 Å². The van der Waals surface area contributed by atoms with E-state index in [-0.39, 0.29) is 11.2 Å². The Morgan fingerprint density at radius 2 is 1.83 bits per heavy atom. The molecule has 1 heterocycles. The first-order valence-corrected chi connectivity index (χ1v) is 5.66. The summed E-state index contributed by atoms with van der Waals surface area (Å²) in [6, 6.07) is 9.32. The van der Waals surface area contributed by atoms with E-state index in [2.05, 4.69) is 10.3 Å². The summed E-state index contributed by atoms with van der Waals surface area (Å²) in [5.41, 5.74) is 0.993. The first-order valence-electron chi connectivity index (χ1n) is 5.66. The fourth-order valence-electron chi connectivity index (χ4n) is 1.75. The van der Waals surface area contributed by atoms with Crippen molar-refractivity contribution in [3.63, 3.8) is 0 Å². The molecule has 1 aromatic carbocycles. The highest BCUT2D eigenvalue weighted by atomic mass is 16.4. The molecule has 0 bridgehead atoms. The second kappa shape index (κ2) is 4.25. The molecule has 5 heteroatoms. The van der Waals surface area contributed by atoms with E-state index in [0.717, 1.165) is 5.56 Å². The van der Waals surface area contributed by atoms with Crippen molar-refractivity contribution in [3.05, 3.63) is 36.0 Å². The standard InChI is InChI=1S/C13H15N3O2/c1-13(2,3)16-11(9-7-5-4-6-8-9)10(12(17)18)14-15-16/h4-8H,1-3H3,(H,17,18). The number of hydrogen-bond donors (Lipinski definition) is 1. The zero-order chi connectivity index (χ0) is 13.3. The van der Waals surface area contributed by atoms with Crippen LogP contribution in [0.5, 0.6) is 0 Å². The van der Waals surface area contributed by atoms with Crippen LogP contribution in [0.25, 0.3) is 11.3 Å². The lowest BCUT2D eigenvalue weighted by atomic mass is 10.1. The summed E-state index contributed by atoms with van der Waals surface area (Å²) < 4.78 is 1.64. The molecule has 0 aliphatic heterocycles. The summed E-state index contributed by atoms with van der Waals surface area (Å²) in [5.74, 6) is -1.07. The lowest BCUT2D eigenvalue weighted by Crippen LogP contribution is -2.24. The van der Waals surface area contributed by atoms with Crippen molar-refractivity contribution < 1.29 is 9.90 Å². The maximum Gasteiger partial charge on any atom is 0.358 e. The van der Waals surface area contributed by atoms with Crippen LogP contribution in [-0.2, 0) is 5.54 Å². The van der Waals surface area contributed by atoms with E-state index < -0.39 is 5.97 Å². The Labute approximate surface area is 105 Å². The van der Waals surface area contributed by atoms with Gasteiger partial charge in [0.05, 0.1) is 5.54 Å². The van der Waals surface area contributed by atoms with Gasteiger partial charge in [-0.2, -0.15) is 0 Å². The Hall–Kier alpha value is -2.17. The second-order valence-electron chi connectivity index (χ2n) is 5.04.